The van der Waals surface area contributed by atoms with Crippen molar-refractivity contribution in [3.63, 3.8) is 0 Å². The Bertz CT molecular complexity index is 1080. The topological polar surface area (TPSA) is 72.3 Å². The Hall–Kier alpha value is -3.54. The van der Waals surface area contributed by atoms with E-state index in [1.54, 1.807) is 18.3 Å². The second-order valence-corrected chi connectivity index (χ2v) is 6.82. The van der Waals surface area contributed by atoms with E-state index < -0.39 is 5.97 Å². The smallest absolute Gasteiger partial charge is 0.356 e. The van der Waals surface area contributed by atoms with Gasteiger partial charge >= 0.3 is 5.97 Å². The van der Waals surface area contributed by atoms with Crippen molar-refractivity contribution in [3.8, 4) is 5.75 Å². The Morgan fingerprint density at radius 2 is 1.79 bits per heavy atom. The van der Waals surface area contributed by atoms with Crippen molar-refractivity contribution in [3.05, 3.63) is 89.3 Å². The lowest BCUT2D eigenvalue weighted by atomic mass is 9.99. The molecule has 29 heavy (non-hydrogen) atoms. The number of nitrogens with zero attached hydrogens (tertiary/aromatic N) is 2. The molecular formula is C23H19FN2O3. The maximum Gasteiger partial charge on any atom is 0.356 e. The molecule has 0 saturated heterocycles. The van der Waals surface area contributed by atoms with Crippen LogP contribution in [0.2, 0.25) is 0 Å². The van der Waals surface area contributed by atoms with Gasteiger partial charge in [-0.05, 0) is 54.2 Å². The highest BCUT2D eigenvalue weighted by Gasteiger charge is 2.22. The number of para-hydroxylation sites is 1. The first kappa shape index (κ1) is 18.8. The molecule has 5 nitrogen and oxygen atoms in total. The molecule has 1 aliphatic rings. The molecule has 2 aromatic carbocycles. The van der Waals surface area contributed by atoms with E-state index in [2.05, 4.69) is 9.97 Å². The fourth-order valence-electron chi connectivity index (χ4n) is 3.52. The van der Waals surface area contributed by atoms with E-state index in [1.165, 1.54) is 18.3 Å². The Morgan fingerprint density at radius 3 is 2.59 bits per heavy atom. The number of carboxylic acid groups (broad SMARTS) is 1. The third kappa shape index (κ3) is 4.16. The first-order chi connectivity index (χ1) is 14.1. The van der Waals surface area contributed by atoms with Gasteiger partial charge in [-0.1, -0.05) is 30.3 Å². The standard InChI is InChI=1S/C23H19FN2O3/c24-16-10-8-15(9-11-16)14-29-22-7-2-1-4-19(22)17-5-3-6-18(17)20-12-25-13-21(26-20)23(27)28/h1-2,4,7-13H,3,5-6,14H2,(H,27,28). The number of allylic oxidation sites excluding steroid dienone is 2. The summed E-state index contributed by atoms with van der Waals surface area (Å²) < 4.78 is 19.1. The molecule has 0 unspecified atom stereocenters. The van der Waals surface area contributed by atoms with Gasteiger partial charge in [0.2, 0.25) is 0 Å². The quantitative estimate of drug-likeness (QED) is 0.642. The van der Waals surface area contributed by atoms with Crippen LogP contribution in [0.15, 0.2) is 60.9 Å². The molecule has 0 bridgehead atoms. The predicted molar refractivity (Wildman–Crippen MR) is 107 cm³/mol. The van der Waals surface area contributed by atoms with Gasteiger partial charge in [0, 0.05) is 5.56 Å². The Labute approximate surface area is 167 Å². The fraction of sp³-hybridized carbons (Fsp3) is 0.174. The molecule has 0 aliphatic heterocycles. The molecule has 1 aromatic heterocycles. The number of carboxylic acids is 1. The minimum atomic E-state index is -1.09. The van der Waals surface area contributed by atoms with Crippen LogP contribution < -0.4 is 4.74 Å². The Kier molecular flexibility index (Phi) is 5.33. The SMILES string of the molecule is O=C(O)c1cncc(C2=C(c3ccccc3OCc3ccc(F)cc3)CCC2)n1. The third-order valence-electron chi connectivity index (χ3n) is 4.90. The highest BCUT2D eigenvalue weighted by Crippen LogP contribution is 2.42. The zero-order valence-electron chi connectivity index (χ0n) is 15.6. The summed E-state index contributed by atoms with van der Waals surface area (Å²) in [6.07, 6.45) is 5.47. The molecule has 6 heteroatoms. The molecule has 3 aromatic rings. The van der Waals surface area contributed by atoms with Gasteiger partial charge in [-0.2, -0.15) is 0 Å². The van der Waals surface area contributed by atoms with Gasteiger partial charge in [0.15, 0.2) is 5.69 Å². The summed E-state index contributed by atoms with van der Waals surface area (Å²) in [5.74, 6) is -0.643. The lowest BCUT2D eigenvalue weighted by Crippen LogP contribution is -2.04. The van der Waals surface area contributed by atoms with Crippen LogP contribution in [-0.2, 0) is 6.61 Å². The number of aromatic nitrogens is 2. The van der Waals surface area contributed by atoms with Crippen molar-refractivity contribution < 1.29 is 19.0 Å². The molecule has 0 fully saturated rings. The maximum absolute atomic E-state index is 13.1. The number of hydrogen-bond acceptors (Lipinski definition) is 4. The number of carbonyl (C=O) groups is 1. The lowest BCUT2D eigenvalue weighted by molar-refractivity contribution is 0.0690. The summed E-state index contributed by atoms with van der Waals surface area (Å²) >= 11 is 0. The second kappa shape index (κ2) is 8.22. The molecule has 1 N–H and O–H groups in total. The van der Waals surface area contributed by atoms with E-state index in [1.807, 2.05) is 24.3 Å². The molecule has 1 heterocycles. The molecular weight excluding hydrogens is 371 g/mol. The van der Waals surface area contributed by atoms with Gasteiger partial charge in [0.1, 0.15) is 18.2 Å². The molecule has 1 aliphatic carbocycles. The zero-order valence-corrected chi connectivity index (χ0v) is 15.6. The maximum atomic E-state index is 13.1. The lowest BCUT2D eigenvalue weighted by Gasteiger charge is -2.14. The van der Waals surface area contributed by atoms with Crippen LogP contribution in [0.1, 0.15) is 46.6 Å². The summed E-state index contributed by atoms with van der Waals surface area (Å²) in [6, 6.07) is 14.0. The number of hydrogen-bond donors (Lipinski definition) is 1. The molecule has 0 spiro atoms. The molecule has 0 radical (unpaired) electrons. The Morgan fingerprint density at radius 1 is 1.03 bits per heavy atom. The van der Waals surface area contributed by atoms with Gasteiger partial charge in [-0.3, -0.25) is 4.98 Å². The van der Waals surface area contributed by atoms with E-state index >= 15 is 0 Å². The second-order valence-electron chi connectivity index (χ2n) is 6.82. The normalized spacial score (nSPS) is 13.6. The molecule has 4 rings (SSSR count). The largest absolute Gasteiger partial charge is 0.488 e. The molecule has 0 atom stereocenters. The minimum Gasteiger partial charge on any atom is -0.488 e. The molecule has 146 valence electrons. The number of aromatic carboxylic acids is 1. The van der Waals surface area contributed by atoms with E-state index in [0.29, 0.717) is 12.3 Å². The van der Waals surface area contributed by atoms with Crippen molar-refractivity contribution in [1.29, 1.82) is 0 Å². The first-order valence-corrected chi connectivity index (χ1v) is 9.36. The number of benzene rings is 2. The van der Waals surface area contributed by atoms with Gasteiger partial charge in [-0.15, -0.1) is 0 Å². The summed E-state index contributed by atoms with van der Waals surface area (Å²) in [5.41, 5.74) is 4.45. The van der Waals surface area contributed by atoms with Crippen LogP contribution in [0.3, 0.4) is 0 Å². The van der Waals surface area contributed by atoms with Crippen LogP contribution in [0.5, 0.6) is 5.75 Å². The van der Waals surface area contributed by atoms with Crippen molar-refractivity contribution in [1.82, 2.24) is 9.97 Å². The monoisotopic (exact) mass is 390 g/mol. The summed E-state index contributed by atoms with van der Waals surface area (Å²) in [5, 5.41) is 9.21. The molecule has 0 saturated carbocycles. The van der Waals surface area contributed by atoms with Crippen LogP contribution >= 0.6 is 0 Å². The average molecular weight is 390 g/mol. The van der Waals surface area contributed by atoms with E-state index in [9.17, 15) is 14.3 Å². The van der Waals surface area contributed by atoms with Gasteiger partial charge in [0.05, 0.1) is 18.1 Å². The predicted octanol–water partition coefficient (Wildman–Crippen LogP) is 4.99. The van der Waals surface area contributed by atoms with Crippen molar-refractivity contribution in [2.75, 3.05) is 0 Å². The van der Waals surface area contributed by atoms with Crippen molar-refractivity contribution >= 4 is 17.1 Å². The average Bonchev–Trinajstić information content (AvgIpc) is 3.23. The van der Waals surface area contributed by atoms with Crippen LogP contribution in [0, 0.1) is 5.82 Å². The number of ether oxygens (including phenoxy) is 1. The highest BCUT2D eigenvalue weighted by atomic mass is 19.1. The van der Waals surface area contributed by atoms with Gasteiger partial charge in [-0.25, -0.2) is 14.2 Å². The van der Waals surface area contributed by atoms with E-state index in [0.717, 1.165) is 47.3 Å². The van der Waals surface area contributed by atoms with E-state index in [-0.39, 0.29) is 11.5 Å². The van der Waals surface area contributed by atoms with Crippen molar-refractivity contribution in [2.45, 2.75) is 25.9 Å². The summed E-state index contributed by atoms with van der Waals surface area (Å²) in [6.45, 7) is 0.328. The van der Waals surface area contributed by atoms with E-state index in [4.69, 9.17) is 4.74 Å². The van der Waals surface area contributed by atoms with Crippen LogP contribution in [0.4, 0.5) is 4.39 Å². The third-order valence-corrected chi connectivity index (χ3v) is 4.90. The summed E-state index contributed by atoms with van der Waals surface area (Å²) in [7, 11) is 0. The highest BCUT2D eigenvalue weighted by molar-refractivity contribution is 5.94. The first-order valence-electron chi connectivity index (χ1n) is 9.36. The fourth-order valence-corrected chi connectivity index (χ4v) is 3.52. The Balaban J connectivity index is 1.66. The van der Waals surface area contributed by atoms with Gasteiger partial charge < -0.3 is 9.84 Å². The zero-order chi connectivity index (χ0) is 20.2. The molecule has 0 amide bonds. The van der Waals surface area contributed by atoms with Gasteiger partial charge in [0.25, 0.3) is 0 Å². The summed E-state index contributed by atoms with van der Waals surface area (Å²) in [4.78, 5) is 19.6. The minimum absolute atomic E-state index is 0.0675. The van der Waals surface area contributed by atoms with Crippen LogP contribution in [0.25, 0.3) is 11.1 Å². The number of rotatable bonds is 6. The van der Waals surface area contributed by atoms with Crippen LogP contribution in [-0.4, -0.2) is 21.0 Å². The van der Waals surface area contributed by atoms with Crippen molar-refractivity contribution in [2.24, 2.45) is 0 Å². The number of halogens is 1.